The van der Waals surface area contributed by atoms with Gasteiger partial charge in [0.2, 0.25) is 0 Å². The van der Waals surface area contributed by atoms with E-state index in [4.69, 9.17) is 0 Å². The molecular formula is C18H25N. The number of nitrogens with one attached hydrogen (secondary N) is 1. The van der Waals surface area contributed by atoms with Crippen LogP contribution in [0.2, 0.25) is 0 Å². The van der Waals surface area contributed by atoms with Crippen LogP contribution < -0.4 is 5.32 Å². The molecule has 3 aliphatic rings. The van der Waals surface area contributed by atoms with Crippen LogP contribution in [0.4, 0.5) is 0 Å². The molecule has 1 aromatic carbocycles. The first-order valence-electron chi connectivity index (χ1n) is 7.96. The van der Waals surface area contributed by atoms with Crippen molar-refractivity contribution < 1.29 is 0 Å². The van der Waals surface area contributed by atoms with Crippen LogP contribution in [-0.2, 0) is 12.8 Å². The van der Waals surface area contributed by atoms with Crippen molar-refractivity contribution in [2.24, 2.45) is 17.3 Å². The van der Waals surface area contributed by atoms with Crippen LogP contribution >= 0.6 is 0 Å². The fourth-order valence-corrected chi connectivity index (χ4v) is 4.41. The zero-order chi connectivity index (χ0) is 13.0. The molecule has 3 atom stereocenters. The predicted molar refractivity (Wildman–Crippen MR) is 79.2 cm³/mol. The summed E-state index contributed by atoms with van der Waals surface area (Å²) >= 11 is 0. The van der Waals surface area contributed by atoms with Gasteiger partial charge in [0.05, 0.1) is 0 Å². The minimum atomic E-state index is 0.554. The zero-order valence-electron chi connectivity index (χ0n) is 12.2. The van der Waals surface area contributed by atoms with Gasteiger partial charge in [-0.15, -0.1) is 0 Å². The quantitative estimate of drug-likeness (QED) is 0.852. The molecule has 0 spiro atoms. The monoisotopic (exact) mass is 255 g/mol. The molecule has 2 bridgehead atoms. The normalized spacial score (nSPS) is 38.6. The fraction of sp³-hybridized carbons (Fsp3) is 0.667. The topological polar surface area (TPSA) is 12.0 Å². The van der Waals surface area contributed by atoms with Crippen molar-refractivity contribution in [3.63, 3.8) is 0 Å². The van der Waals surface area contributed by atoms with Gasteiger partial charge in [0.1, 0.15) is 0 Å². The second kappa shape index (κ2) is 4.09. The minimum Gasteiger partial charge on any atom is -0.310 e. The first-order chi connectivity index (χ1) is 9.13. The molecule has 1 heteroatoms. The summed E-state index contributed by atoms with van der Waals surface area (Å²) in [7, 11) is 0. The third kappa shape index (κ3) is 2.03. The average molecular weight is 255 g/mol. The Morgan fingerprint density at radius 1 is 1.00 bits per heavy atom. The van der Waals surface area contributed by atoms with Gasteiger partial charge in [-0.2, -0.15) is 0 Å². The van der Waals surface area contributed by atoms with Crippen molar-refractivity contribution >= 4 is 0 Å². The fourth-order valence-electron chi connectivity index (χ4n) is 4.41. The molecule has 19 heavy (non-hydrogen) atoms. The number of fused-ring (bicyclic) bond motifs is 3. The van der Waals surface area contributed by atoms with E-state index in [0.29, 0.717) is 5.41 Å². The maximum Gasteiger partial charge on any atom is 0.0133 e. The van der Waals surface area contributed by atoms with Crippen LogP contribution in [0.1, 0.15) is 44.2 Å². The van der Waals surface area contributed by atoms with Crippen molar-refractivity contribution in [2.45, 2.75) is 58.0 Å². The Balaban J connectivity index is 1.56. The van der Waals surface area contributed by atoms with E-state index in [2.05, 4.69) is 43.4 Å². The molecule has 1 N–H and O–H groups in total. The summed E-state index contributed by atoms with van der Waals surface area (Å²) in [6.07, 6.45) is 6.85. The smallest absolute Gasteiger partial charge is 0.0133 e. The number of hydrogen-bond acceptors (Lipinski definition) is 1. The van der Waals surface area contributed by atoms with Gasteiger partial charge >= 0.3 is 0 Å². The molecule has 0 aromatic heterocycles. The van der Waals surface area contributed by atoms with Crippen LogP contribution in [0.25, 0.3) is 0 Å². The molecule has 1 nitrogen and oxygen atoms in total. The van der Waals surface area contributed by atoms with Crippen LogP contribution in [0, 0.1) is 17.3 Å². The van der Waals surface area contributed by atoms with E-state index in [1.54, 1.807) is 11.1 Å². The Kier molecular flexibility index (Phi) is 2.57. The summed E-state index contributed by atoms with van der Waals surface area (Å²) in [6, 6.07) is 10.7. The molecule has 2 saturated carbocycles. The standard InChI is InChI=1S/C18H25N/c1-18(2)11-16(18)19-17-14-7-8-15(17)10-13-6-4-3-5-12(13)9-14/h3-6,14-17,19H,7-11H2,1-2H3. The van der Waals surface area contributed by atoms with Crippen LogP contribution in [0.3, 0.4) is 0 Å². The highest BCUT2D eigenvalue weighted by Crippen LogP contribution is 2.48. The zero-order valence-corrected chi connectivity index (χ0v) is 12.2. The first-order valence-corrected chi connectivity index (χ1v) is 7.96. The van der Waals surface area contributed by atoms with Crippen LogP contribution in [-0.4, -0.2) is 12.1 Å². The van der Waals surface area contributed by atoms with Crippen molar-refractivity contribution in [1.82, 2.24) is 5.32 Å². The molecule has 4 rings (SSSR count). The van der Waals surface area contributed by atoms with E-state index in [0.717, 1.165) is 23.9 Å². The second-order valence-electron chi connectivity index (χ2n) is 7.71. The maximum atomic E-state index is 4.02. The van der Waals surface area contributed by atoms with Gasteiger partial charge in [0, 0.05) is 12.1 Å². The molecule has 3 unspecified atom stereocenters. The molecule has 1 aromatic rings. The Labute approximate surface area is 116 Å². The van der Waals surface area contributed by atoms with Crippen molar-refractivity contribution in [3.8, 4) is 0 Å². The molecule has 0 saturated heterocycles. The van der Waals surface area contributed by atoms with Crippen molar-refractivity contribution in [2.75, 3.05) is 0 Å². The summed E-state index contributed by atoms with van der Waals surface area (Å²) in [6.45, 7) is 4.80. The SMILES string of the molecule is CC1(C)CC1NC1C2CCC1Cc1ccccc1C2. The Hall–Kier alpha value is -0.820. The van der Waals surface area contributed by atoms with Gasteiger partial charge in [-0.3, -0.25) is 0 Å². The highest BCUT2D eigenvalue weighted by atomic mass is 15.0. The third-order valence-corrected chi connectivity index (χ3v) is 5.91. The summed E-state index contributed by atoms with van der Waals surface area (Å²) in [5.74, 6) is 1.76. The van der Waals surface area contributed by atoms with E-state index in [-0.39, 0.29) is 0 Å². The van der Waals surface area contributed by atoms with Crippen LogP contribution in [0.5, 0.6) is 0 Å². The number of benzene rings is 1. The van der Waals surface area contributed by atoms with Gasteiger partial charge in [-0.1, -0.05) is 38.1 Å². The Morgan fingerprint density at radius 2 is 1.53 bits per heavy atom. The minimum absolute atomic E-state index is 0.554. The molecule has 0 heterocycles. The summed E-state index contributed by atoms with van der Waals surface area (Å²) in [5, 5.41) is 4.02. The molecule has 102 valence electrons. The van der Waals surface area contributed by atoms with E-state index in [9.17, 15) is 0 Å². The summed E-state index contributed by atoms with van der Waals surface area (Å²) in [4.78, 5) is 0. The van der Waals surface area contributed by atoms with E-state index >= 15 is 0 Å². The second-order valence-corrected chi connectivity index (χ2v) is 7.71. The average Bonchev–Trinajstić information content (AvgIpc) is 2.84. The lowest BCUT2D eigenvalue weighted by Gasteiger charge is -2.24. The third-order valence-electron chi connectivity index (χ3n) is 5.91. The first kappa shape index (κ1) is 12.0. The number of rotatable bonds is 2. The molecule has 3 aliphatic carbocycles. The Morgan fingerprint density at radius 3 is 2.00 bits per heavy atom. The lowest BCUT2D eigenvalue weighted by Crippen LogP contribution is -2.40. The van der Waals surface area contributed by atoms with E-state index in [1.165, 1.54) is 32.1 Å². The van der Waals surface area contributed by atoms with E-state index < -0.39 is 0 Å². The van der Waals surface area contributed by atoms with Gasteiger partial charge < -0.3 is 5.32 Å². The molecule has 0 aliphatic heterocycles. The van der Waals surface area contributed by atoms with Crippen molar-refractivity contribution in [3.05, 3.63) is 35.4 Å². The van der Waals surface area contributed by atoms with E-state index in [1.807, 2.05) is 0 Å². The summed E-state index contributed by atoms with van der Waals surface area (Å²) in [5.41, 5.74) is 3.80. The molecule has 0 radical (unpaired) electrons. The largest absolute Gasteiger partial charge is 0.310 e. The highest BCUT2D eigenvalue weighted by molar-refractivity contribution is 5.31. The highest BCUT2D eigenvalue weighted by Gasteiger charge is 2.49. The van der Waals surface area contributed by atoms with Gasteiger partial charge in [-0.25, -0.2) is 0 Å². The lowest BCUT2D eigenvalue weighted by molar-refractivity contribution is 0.325. The molecular weight excluding hydrogens is 230 g/mol. The van der Waals surface area contributed by atoms with Gasteiger partial charge in [-0.05, 0) is 60.5 Å². The van der Waals surface area contributed by atoms with Crippen molar-refractivity contribution in [1.29, 1.82) is 0 Å². The molecule has 0 amide bonds. The van der Waals surface area contributed by atoms with Gasteiger partial charge in [0.25, 0.3) is 0 Å². The maximum absolute atomic E-state index is 4.02. The number of hydrogen-bond donors (Lipinski definition) is 1. The summed E-state index contributed by atoms with van der Waals surface area (Å²) < 4.78 is 0. The predicted octanol–water partition coefficient (Wildman–Crippen LogP) is 3.57. The van der Waals surface area contributed by atoms with Crippen LogP contribution in [0.15, 0.2) is 24.3 Å². The molecule has 2 fully saturated rings. The lowest BCUT2D eigenvalue weighted by atomic mass is 9.94. The Bertz CT molecular complexity index is 457. The van der Waals surface area contributed by atoms with Gasteiger partial charge in [0.15, 0.2) is 0 Å².